The van der Waals surface area contributed by atoms with Crippen molar-refractivity contribution in [1.82, 2.24) is 5.32 Å². The highest BCUT2D eigenvalue weighted by molar-refractivity contribution is 8.03. The van der Waals surface area contributed by atoms with Crippen molar-refractivity contribution in [2.45, 2.75) is 39.5 Å². The molecule has 1 aliphatic rings. The van der Waals surface area contributed by atoms with Crippen LogP contribution in [-0.4, -0.2) is 24.2 Å². The maximum Gasteiger partial charge on any atom is 0.336 e. The van der Waals surface area contributed by atoms with Crippen LogP contribution in [-0.2, 0) is 14.3 Å². The number of dihydropyridines is 1. The third-order valence-corrected chi connectivity index (χ3v) is 6.87. The van der Waals surface area contributed by atoms with E-state index in [1.807, 2.05) is 50.2 Å². The van der Waals surface area contributed by atoms with Crippen LogP contribution in [0.2, 0.25) is 5.02 Å². The Hall–Kier alpha value is -3.21. The molecule has 0 bridgehead atoms. The smallest absolute Gasteiger partial charge is 0.336 e. The number of anilines is 1. The zero-order valence-electron chi connectivity index (χ0n) is 20.0. The number of carbonyl (C=O) groups excluding carboxylic acids is 2. The quantitative estimate of drug-likeness (QED) is 0.399. The SMILES string of the molecule is CCCC1=C(C(=O)OCC)C(c2ccccc2Cl)C(C#N)=C(SCC(=O)Nc2ccccc2C)N1. The highest BCUT2D eigenvalue weighted by atomic mass is 35.5. The molecule has 35 heavy (non-hydrogen) atoms. The Morgan fingerprint density at radius 3 is 2.54 bits per heavy atom. The predicted octanol–water partition coefficient (Wildman–Crippen LogP) is 6.06. The Morgan fingerprint density at radius 2 is 1.89 bits per heavy atom. The van der Waals surface area contributed by atoms with E-state index in [1.54, 1.807) is 19.1 Å². The fourth-order valence-electron chi connectivity index (χ4n) is 3.90. The fourth-order valence-corrected chi connectivity index (χ4v) is 5.01. The van der Waals surface area contributed by atoms with Crippen LogP contribution < -0.4 is 10.6 Å². The first-order valence-electron chi connectivity index (χ1n) is 11.4. The molecular formula is C27H28ClN3O3S. The van der Waals surface area contributed by atoms with Gasteiger partial charge in [-0.2, -0.15) is 5.26 Å². The van der Waals surface area contributed by atoms with E-state index in [4.69, 9.17) is 16.3 Å². The largest absolute Gasteiger partial charge is 0.463 e. The van der Waals surface area contributed by atoms with E-state index >= 15 is 0 Å². The summed E-state index contributed by atoms with van der Waals surface area (Å²) in [6.07, 6.45) is 1.35. The number of halogens is 1. The number of para-hydroxylation sites is 1. The Bertz CT molecular complexity index is 1220. The van der Waals surface area contributed by atoms with Crippen LogP contribution in [0.15, 0.2) is 70.4 Å². The van der Waals surface area contributed by atoms with E-state index in [2.05, 4.69) is 16.7 Å². The van der Waals surface area contributed by atoms with Crippen molar-refractivity contribution in [2.24, 2.45) is 0 Å². The highest BCUT2D eigenvalue weighted by Gasteiger charge is 2.37. The number of nitrogens with zero attached hydrogens (tertiary/aromatic N) is 1. The number of thioether (sulfide) groups is 1. The van der Waals surface area contributed by atoms with Gasteiger partial charge in [-0.25, -0.2) is 4.79 Å². The summed E-state index contributed by atoms with van der Waals surface area (Å²) in [4.78, 5) is 25.8. The molecule has 2 aromatic carbocycles. The summed E-state index contributed by atoms with van der Waals surface area (Å²) in [5.74, 6) is -1.28. The number of carbonyl (C=O) groups is 2. The van der Waals surface area contributed by atoms with Gasteiger partial charge in [-0.1, -0.05) is 73.1 Å². The van der Waals surface area contributed by atoms with Crippen molar-refractivity contribution >= 4 is 40.9 Å². The molecule has 8 heteroatoms. The summed E-state index contributed by atoms with van der Waals surface area (Å²) < 4.78 is 5.37. The first-order valence-corrected chi connectivity index (χ1v) is 12.8. The maximum atomic E-state index is 13.1. The van der Waals surface area contributed by atoms with E-state index in [9.17, 15) is 14.9 Å². The Balaban J connectivity index is 1.99. The minimum absolute atomic E-state index is 0.0885. The van der Waals surface area contributed by atoms with Gasteiger partial charge >= 0.3 is 5.97 Å². The summed E-state index contributed by atoms with van der Waals surface area (Å²) in [6, 6.07) is 17.0. The lowest BCUT2D eigenvalue weighted by Gasteiger charge is -2.31. The second-order valence-corrected chi connectivity index (χ2v) is 9.34. The van der Waals surface area contributed by atoms with Crippen molar-refractivity contribution in [3.63, 3.8) is 0 Å². The van der Waals surface area contributed by atoms with Gasteiger partial charge in [-0.05, 0) is 43.5 Å². The zero-order chi connectivity index (χ0) is 25.4. The van der Waals surface area contributed by atoms with Crippen LogP contribution in [0.3, 0.4) is 0 Å². The van der Waals surface area contributed by atoms with Gasteiger partial charge in [0.1, 0.15) is 0 Å². The Labute approximate surface area is 215 Å². The molecule has 2 aromatic rings. The second-order valence-electron chi connectivity index (χ2n) is 7.95. The average Bonchev–Trinajstić information content (AvgIpc) is 2.84. The van der Waals surface area contributed by atoms with Crippen molar-refractivity contribution in [2.75, 3.05) is 17.7 Å². The van der Waals surface area contributed by atoms with Crippen LogP contribution in [0.4, 0.5) is 5.69 Å². The number of allylic oxidation sites excluding steroid dienone is 2. The summed E-state index contributed by atoms with van der Waals surface area (Å²) >= 11 is 7.76. The molecule has 6 nitrogen and oxygen atoms in total. The third-order valence-electron chi connectivity index (χ3n) is 5.51. The topological polar surface area (TPSA) is 91.2 Å². The van der Waals surface area contributed by atoms with Crippen molar-refractivity contribution in [3.05, 3.63) is 86.6 Å². The van der Waals surface area contributed by atoms with E-state index < -0.39 is 11.9 Å². The van der Waals surface area contributed by atoms with E-state index in [-0.39, 0.29) is 18.3 Å². The van der Waals surface area contributed by atoms with Gasteiger partial charge in [-0.3, -0.25) is 4.79 Å². The van der Waals surface area contributed by atoms with Crippen LogP contribution in [0.5, 0.6) is 0 Å². The number of rotatable bonds is 9. The number of nitrogens with one attached hydrogen (secondary N) is 2. The molecule has 2 N–H and O–H groups in total. The molecule has 0 fully saturated rings. The van der Waals surface area contributed by atoms with E-state index in [1.165, 1.54) is 11.8 Å². The van der Waals surface area contributed by atoms with E-state index in [0.29, 0.717) is 38.9 Å². The minimum Gasteiger partial charge on any atom is -0.463 e. The van der Waals surface area contributed by atoms with Gasteiger partial charge in [0, 0.05) is 16.4 Å². The number of nitriles is 1. The molecule has 1 atom stereocenters. The first kappa shape index (κ1) is 26.4. The van der Waals surface area contributed by atoms with Crippen LogP contribution >= 0.6 is 23.4 Å². The number of benzene rings is 2. The highest BCUT2D eigenvalue weighted by Crippen LogP contribution is 2.44. The molecule has 0 radical (unpaired) electrons. The molecule has 0 saturated carbocycles. The molecule has 0 saturated heterocycles. The summed E-state index contributed by atoms with van der Waals surface area (Å²) in [5.41, 5.74) is 3.74. The molecule has 1 heterocycles. The lowest BCUT2D eigenvalue weighted by Crippen LogP contribution is -2.30. The van der Waals surface area contributed by atoms with Gasteiger partial charge < -0.3 is 15.4 Å². The zero-order valence-corrected chi connectivity index (χ0v) is 21.6. The molecule has 1 unspecified atom stereocenters. The predicted molar refractivity (Wildman–Crippen MR) is 141 cm³/mol. The maximum absolute atomic E-state index is 13.1. The first-order chi connectivity index (χ1) is 16.9. The van der Waals surface area contributed by atoms with Crippen molar-refractivity contribution in [1.29, 1.82) is 5.26 Å². The molecule has 1 aliphatic heterocycles. The van der Waals surface area contributed by atoms with Crippen LogP contribution in [0.25, 0.3) is 0 Å². The molecule has 0 spiro atoms. The lowest BCUT2D eigenvalue weighted by atomic mass is 9.81. The van der Waals surface area contributed by atoms with Crippen LogP contribution in [0, 0.1) is 18.3 Å². The summed E-state index contributed by atoms with van der Waals surface area (Å²) in [6.45, 7) is 5.89. The second kappa shape index (κ2) is 12.5. The van der Waals surface area contributed by atoms with Crippen molar-refractivity contribution < 1.29 is 14.3 Å². The minimum atomic E-state index is -0.697. The van der Waals surface area contributed by atoms with Gasteiger partial charge in [0.2, 0.25) is 5.91 Å². The normalized spacial score (nSPS) is 15.3. The van der Waals surface area contributed by atoms with Gasteiger partial charge in [0.25, 0.3) is 0 Å². The fraction of sp³-hybridized carbons (Fsp3) is 0.296. The molecule has 1 amide bonds. The Morgan fingerprint density at radius 1 is 1.17 bits per heavy atom. The Kier molecular flexibility index (Phi) is 9.41. The van der Waals surface area contributed by atoms with E-state index in [0.717, 1.165) is 17.7 Å². The van der Waals surface area contributed by atoms with Gasteiger partial charge in [0.05, 0.1) is 40.5 Å². The van der Waals surface area contributed by atoms with Gasteiger partial charge in [-0.15, -0.1) is 0 Å². The van der Waals surface area contributed by atoms with Crippen molar-refractivity contribution in [3.8, 4) is 6.07 Å². The number of aryl methyl sites for hydroxylation is 1. The van der Waals surface area contributed by atoms with Crippen LogP contribution in [0.1, 0.15) is 43.7 Å². The molecule has 0 aliphatic carbocycles. The summed E-state index contributed by atoms with van der Waals surface area (Å²) in [7, 11) is 0. The van der Waals surface area contributed by atoms with Gasteiger partial charge in [0.15, 0.2) is 0 Å². The molecule has 182 valence electrons. The number of ether oxygens (including phenoxy) is 1. The number of esters is 1. The number of hydrogen-bond acceptors (Lipinski definition) is 6. The number of amides is 1. The lowest BCUT2D eigenvalue weighted by molar-refractivity contribution is -0.138. The molecular weight excluding hydrogens is 482 g/mol. The third kappa shape index (κ3) is 6.27. The summed E-state index contributed by atoms with van der Waals surface area (Å²) in [5, 5.41) is 17.4. The monoisotopic (exact) mass is 509 g/mol. The standard InChI is InChI=1S/C27H28ClN3O3S/c1-4-10-22-25(27(33)34-5-2)24(18-12-7-8-13-20(18)28)19(15-29)26(31-22)35-16-23(32)30-21-14-9-6-11-17(21)3/h6-9,11-14,24,31H,4-5,10,16H2,1-3H3,(H,30,32). The molecule has 3 rings (SSSR count). The molecule has 0 aromatic heterocycles. The average molecular weight is 510 g/mol. The number of hydrogen-bond donors (Lipinski definition) is 2.